The molecule has 1 aliphatic carbocycles. The van der Waals surface area contributed by atoms with E-state index in [4.69, 9.17) is 4.74 Å². The van der Waals surface area contributed by atoms with Gasteiger partial charge in [0.25, 0.3) is 0 Å². The van der Waals surface area contributed by atoms with Gasteiger partial charge in [0.05, 0.1) is 6.54 Å². The first-order chi connectivity index (χ1) is 11.1. The van der Waals surface area contributed by atoms with Crippen LogP contribution in [0.4, 0.5) is 4.39 Å². The largest absolute Gasteiger partial charge is 0.489 e. The van der Waals surface area contributed by atoms with Crippen molar-refractivity contribution in [2.45, 2.75) is 43.6 Å². The van der Waals surface area contributed by atoms with Gasteiger partial charge in [0, 0.05) is 24.4 Å². The zero-order valence-electron chi connectivity index (χ0n) is 14.4. The Balaban J connectivity index is 0.00000288. The van der Waals surface area contributed by atoms with E-state index in [-0.39, 0.29) is 35.9 Å². The van der Waals surface area contributed by atoms with Crippen molar-refractivity contribution in [3.8, 4) is 5.75 Å². The molecule has 1 fully saturated rings. The van der Waals surface area contributed by atoms with Gasteiger partial charge in [-0.15, -0.1) is 24.0 Å². The minimum Gasteiger partial charge on any atom is -0.489 e. The van der Waals surface area contributed by atoms with Crippen LogP contribution in [0.2, 0.25) is 0 Å². The van der Waals surface area contributed by atoms with Crippen LogP contribution < -0.4 is 15.4 Å². The number of hydrogen-bond acceptors (Lipinski definition) is 3. The highest BCUT2D eigenvalue weighted by Crippen LogP contribution is 2.27. The molecule has 0 saturated heterocycles. The molecule has 3 unspecified atom stereocenters. The van der Waals surface area contributed by atoms with Gasteiger partial charge >= 0.3 is 0 Å². The fraction of sp³-hybridized carbons (Fsp3) is 0.588. The van der Waals surface area contributed by atoms with Gasteiger partial charge in [0.2, 0.25) is 0 Å². The fourth-order valence-corrected chi connectivity index (χ4v) is 3.52. The molecule has 1 aromatic rings. The monoisotopic (exact) mass is 467 g/mol. The number of guanidine groups is 1. The molecular formula is C17H27FIN3OS. The summed E-state index contributed by atoms with van der Waals surface area (Å²) in [6.07, 6.45) is 5.71. The third-order valence-corrected chi connectivity index (χ3v) is 5.07. The molecule has 1 aliphatic rings. The Morgan fingerprint density at radius 2 is 2.25 bits per heavy atom. The van der Waals surface area contributed by atoms with Crippen LogP contribution in [0, 0.1) is 5.82 Å². The summed E-state index contributed by atoms with van der Waals surface area (Å²) in [4.78, 5) is 4.27. The van der Waals surface area contributed by atoms with Crippen LogP contribution in [0.5, 0.6) is 5.75 Å². The van der Waals surface area contributed by atoms with Gasteiger partial charge in [-0.1, -0.05) is 6.07 Å². The van der Waals surface area contributed by atoms with Crippen LogP contribution in [0.25, 0.3) is 0 Å². The lowest BCUT2D eigenvalue weighted by Crippen LogP contribution is -2.45. The molecule has 136 valence electrons. The summed E-state index contributed by atoms with van der Waals surface area (Å²) >= 11 is 1.94. The first kappa shape index (κ1) is 21.3. The van der Waals surface area contributed by atoms with Gasteiger partial charge in [-0.25, -0.2) is 4.39 Å². The standard InChI is InChI=1S/C17H26FN3OS.HI/c1-12(22-15-6-4-5-13(18)9-15)11-20-17(19-2)21-14-7-8-16(10-14)23-3;/h4-6,9,12,14,16H,7-8,10-11H2,1-3H3,(H2,19,20,21);1H. The fourth-order valence-electron chi connectivity index (χ4n) is 2.73. The zero-order chi connectivity index (χ0) is 16.7. The predicted molar refractivity (Wildman–Crippen MR) is 111 cm³/mol. The van der Waals surface area contributed by atoms with Crippen LogP contribution >= 0.6 is 35.7 Å². The van der Waals surface area contributed by atoms with E-state index < -0.39 is 0 Å². The summed E-state index contributed by atoms with van der Waals surface area (Å²) < 4.78 is 18.9. The molecule has 4 nitrogen and oxygen atoms in total. The normalized spacial score (nSPS) is 21.8. The summed E-state index contributed by atoms with van der Waals surface area (Å²) in [6.45, 7) is 2.55. The summed E-state index contributed by atoms with van der Waals surface area (Å²) in [6, 6.07) is 6.69. The molecule has 0 radical (unpaired) electrons. The number of thioether (sulfide) groups is 1. The van der Waals surface area contributed by atoms with Crippen molar-refractivity contribution in [3.05, 3.63) is 30.1 Å². The second-order valence-corrected chi connectivity index (χ2v) is 6.99. The summed E-state index contributed by atoms with van der Waals surface area (Å²) in [5.74, 6) is 1.05. The second-order valence-electron chi connectivity index (χ2n) is 5.85. The molecule has 0 bridgehead atoms. The lowest BCUT2D eigenvalue weighted by atomic mass is 10.2. The topological polar surface area (TPSA) is 45.7 Å². The minimum atomic E-state index is -0.287. The maximum absolute atomic E-state index is 13.1. The van der Waals surface area contributed by atoms with Crippen LogP contribution in [0.15, 0.2) is 29.3 Å². The van der Waals surface area contributed by atoms with E-state index >= 15 is 0 Å². The van der Waals surface area contributed by atoms with E-state index in [9.17, 15) is 4.39 Å². The quantitative estimate of drug-likeness (QED) is 0.381. The predicted octanol–water partition coefficient (Wildman–Crippen LogP) is 3.66. The highest BCUT2D eigenvalue weighted by atomic mass is 127. The van der Waals surface area contributed by atoms with Crippen molar-refractivity contribution in [1.82, 2.24) is 10.6 Å². The molecule has 2 rings (SSSR count). The van der Waals surface area contributed by atoms with E-state index in [0.29, 0.717) is 18.3 Å². The van der Waals surface area contributed by atoms with Crippen LogP contribution in [0.3, 0.4) is 0 Å². The highest BCUT2D eigenvalue weighted by molar-refractivity contribution is 14.0. The molecule has 0 aliphatic heterocycles. The number of halogens is 2. The molecule has 1 aromatic carbocycles. The summed E-state index contributed by atoms with van der Waals surface area (Å²) in [5, 5.41) is 7.50. The molecule has 24 heavy (non-hydrogen) atoms. The molecular weight excluding hydrogens is 440 g/mol. The number of nitrogens with one attached hydrogen (secondary N) is 2. The van der Waals surface area contributed by atoms with E-state index in [0.717, 1.165) is 11.2 Å². The van der Waals surface area contributed by atoms with E-state index in [1.54, 1.807) is 19.2 Å². The molecule has 2 N–H and O–H groups in total. The third kappa shape index (κ3) is 7.04. The molecule has 3 atom stereocenters. The van der Waals surface area contributed by atoms with Crippen LogP contribution in [0.1, 0.15) is 26.2 Å². The average molecular weight is 467 g/mol. The van der Waals surface area contributed by atoms with Crippen LogP contribution in [-0.4, -0.2) is 43.2 Å². The van der Waals surface area contributed by atoms with Crippen molar-refractivity contribution in [2.24, 2.45) is 4.99 Å². The van der Waals surface area contributed by atoms with Crippen LogP contribution in [-0.2, 0) is 0 Å². The number of ether oxygens (including phenoxy) is 1. The maximum atomic E-state index is 13.1. The maximum Gasteiger partial charge on any atom is 0.191 e. The van der Waals surface area contributed by atoms with E-state index in [1.807, 2.05) is 18.7 Å². The first-order valence-electron chi connectivity index (χ1n) is 8.03. The molecule has 7 heteroatoms. The number of rotatable bonds is 6. The summed E-state index contributed by atoms with van der Waals surface area (Å²) in [5.41, 5.74) is 0. The van der Waals surface area contributed by atoms with Gasteiger partial charge < -0.3 is 15.4 Å². The number of aliphatic imine (C=N–C) groups is 1. The minimum absolute atomic E-state index is 0. The Bertz CT molecular complexity index is 532. The lowest BCUT2D eigenvalue weighted by molar-refractivity contribution is 0.223. The second kappa shape index (κ2) is 11.0. The first-order valence-corrected chi connectivity index (χ1v) is 9.31. The molecule has 1 saturated carbocycles. The Hall–Kier alpha value is -0.700. The van der Waals surface area contributed by atoms with E-state index in [2.05, 4.69) is 21.9 Å². The Labute approximate surface area is 165 Å². The number of nitrogens with zero attached hydrogens (tertiary/aromatic N) is 1. The van der Waals surface area contributed by atoms with Gasteiger partial charge in [0.1, 0.15) is 17.7 Å². The Morgan fingerprint density at radius 3 is 2.88 bits per heavy atom. The number of hydrogen-bond donors (Lipinski definition) is 2. The van der Waals surface area contributed by atoms with Gasteiger partial charge in [-0.3, -0.25) is 4.99 Å². The zero-order valence-corrected chi connectivity index (χ0v) is 17.6. The molecule has 0 spiro atoms. The number of benzene rings is 1. The molecule has 0 heterocycles. The summed E-state index contributed by atoms with van der Waals surface area (Å²) in [7, 11) is 1.77. The lowest BCUT2D eigenvalue weighted by Gasteiger charge is -2.20. The van der Waals surface area contributed by atoms with Crippen molar-refractivity contribution in [2.75, 3.05) is 19.8 Å². The average Bonchev–Trinajstić information content (AvgIpc) is 2.99. The smallest absolute Gasteiger partial charge is 0.191 e. The Kier molecular flexibility index (Phi) is 9.80. The highest BCUT2D eigenvalue weighted by Gasteiger charge is 2.24. The van der Waals surface area contributed by atoms with Gasteiger partial charge in [0.15, 0.2) is 5.96 Å². The van der Waals surface area contributed by atoms with Crippen molar-refractivity contribution < 1.29 is 9.13 Å². The Morgan fingerprint density at radius 1 is 1.46 bits per heavy atom. The third-order valence-electron chi connectivity index (χ3n) is 3.97. The van der Waals surface area contributed by atoms with Crippen molar-refractivity contribution >= 4 is 41.7 Å². The SMILES string of the molecule is CN=C(NCC(C)Oc1cccc(F)c1)NC1CCC(SC)C1.I. The van der Waals surface area contributed by atoms with Gasteiger partial charge in [-0.05, 0) is 44.6 Å². The molecule has 0 aromatic heterocycles. The van der Waals surface area contributed by atoms with E-state index in [1.165, 1.54) is 31.4 Å². The van der Waals surface area contributed by atoms with Gasteiger partial charge in [-0.2, -0.15) is 11.8 Å². The van der Waals surface area contributed by atoms with Crippen molar-refractivity contribution in [1.29, 1.82) is 0 Å². The van der Waals surface area contributed by atoms with Crippen molar-refractivity contribution in [3.63, 3.8) is 0 Å². The molecule has 0 amide bonds.